The third kappa shape index (κ3) is 2.70. The average molecular weight is 285 g/mol. The maximum Gasteiger partial charge on any atom is 0.534 e. The first-order chi connectivity index (χ1) is 8.06. The molecule has 0 aliphatic carbocycles. The summed E-state index contributed by atoms with van der Waals surface area (Å²) in [5, 5.41) is 10.5. The minimum Gasteiger partial charge on any atom is -0.375 e. The van der Waals surface area contributed by atoms with Gasteiger partial charge in [-0.1, -0.05) is 6.07 Å². The third-order valence-electron chi connectivity index (χ3n) is 1.94. The fraction of sp³-hybridized carbons (Fsp3) is 0.250. The van der Waals surface area contributed by atoms with Crippen LogP contribution in [0.2, 0.25) is 0 Å². The van der Waals surface area contributed by atoms with Gasteiger partial charge in [-0.05, 0) is 13.0 Å². The Labute approximate surface area is 99.3 Å². The van der Waals surface area contributed by atoms with Crippen LogP contribution in [0.5, 0.6) is 5.75 Å². The normalized spacial score (nSPS) is 12.2. The van der Waals surface area contributed by atoms with Crippen molar-refractivity contribution in [2.75, 3.05) is 0 Å². The van der Waals surface area contributed by atoms with Crippen LogP contribution >= 0.6 is 0 Å². The maximum atomic E-state index is 12.1. The highest BCUT2D eigenvalue weighted by Crippen LogP contribution is 2.32. The van der Waals surface area contributed by atoms with E-state index in [4.69, 9.17) is 0 Å². The quantitative estimate of drug-likeness (QED) is 0.367. The Morgan fingerprint density at radius 1 is 1.33 bits per heavy atom. The predicted molar refractivity (Wildman–Crippen MR) is 53.4 cm³/mol. The number of hydrogen-bond acceptors (Lipinski definition) is 5. The molecule has 0 N–H and O–H groups in total. The van der Waals surface area contributed by atoms with Gasteiger partial charge in [-0.3, -0.25) is 10.1 Å². The molecular weight excluding hydrogens is 279 g/mol. The van der Waals surface area contributed by atoms with Crippen molar-refractivity contribution in [3.05, 3.63) is 33.9 Å². The van der Waals surface area contributed by atoms with E-state index in [1.54, 1.807) is 0 Å². The zero-order chi connectivity index (χ0) is 14.1. The Balaban J connectivity index is 3.23. The molecule has 0 amide bonds. The molecule has 0 fully saturated rings. The minimum absolute atomic E-state index is 0.310. The Morgan fingerprint density at radius 2 is 1.89 bits per heavy atom. The third-order valence-corrected chi connectivity index (χ3v) is 2.90. The lowest BCUT2D eigenvalue weighted by molar-refractivity contribution is -0.385. The molecule has 0 aromatic heterocycles. The monoisotopic (exact) mass is 285 g/mol. The van der Waals surface area contributed by atoms with Crippen molar-refractivity contribution < 1.29 is 30.7 Å². The summed E-state index contributed by atoms with van der Waals surface area (Å²) in [6.45, 7) is 1.08. The van der Waals surface area contributed by atoms with Crippen molar-refractivity contribution in [3.8, 4) is 5.75 Å². The van der Waals surface area contributed by atoms with Gasteiger partial charge in [0.15, 0.2) is 5.75 Å². The van der Waals surface area contributed by atoms with E-state index in [1.807, 2.05) is 0 Å². The van der Waals surface area contributed by atoms with Crippen LogP contribution in [0, 0.1) is 17.0 Å². The summed E-state index contributed by atoms with van der Waals surface area (Å²) in [6.07, 6.45) is 0. The number of halogens is 3. The van der Waals surface area contributed by atoms with Crippen LogP contribution < -0.4 is 4.18 Å². The zero-order valence-electron chi connectivity index (χ0n) is 8.76. The number of nitrogens with zero attached hydrogens (tertiary/aromatic N) is 1. The summed E-state index contributed by atoms with van der Waals surface area (Å²) in [4.78, 5) is 9.66. The standard InChI is InChI=1S/C8H6F3NO5S/c1-5-6(12(13)14)3-2-4-7(5)17-18(15,16)8(9,10)11/h2-4H,1H3. The molecule has 0 aliphatic heterocycles. The van der Waals surface area contributed by atoms with Crippen LogP contribution in [0.4, 0.5) is 18.9 Å². The second kappa shape index (κ2) is 4.44. The number of rotatable bonds is 3. The Kier molecular flexibility index (Phi) is 3.51. The van der Waals surface area contributed by atoms with Crippen LogP contribution in [0.25, 0.3) is 0 Å². The molecule has 0 heterocycles. The van der Waals surface area contributed by atoms with Crippen LogP contribution in [0.15, 0.2) is 18.2 Å². The van der Waals surface area contributed by atoms with Crippen molar-refractivity contribution in [3.63, 3.8) is 0 Å². The smallest absolute Gasteiger partial charge is 0.375 e. The van der Waals surface area contributed by atoms with Crippen molar-refractivity contribution in [1.82, 2.24) is 0 Å². The van der Waals surface area contributed by atoms with Gasteiger partial charge in [0.25, 0.3) is 5.69 Å². The molecule has 0 unspecified atom stereocenters. The number of nitro groups is 1. The zero-order valence-corrected chi connectivity index (χ0v) is 9.58. The molecule has 0 bridgehead atoms. The van der Waals surface area contributed by atoms with Crippen LogP contribution in [0.3, 0.4) is 0 Å². The summed E-state index contributed by atoms with van der Waals surface area (Å²) in [5.41, 5.74) is -6.44. The molecule has 0 atom stereocenters. The molecule has 0 saturated heterocycles. The fourth-order valence-electron chi connectivity index (χ4n) is 1.06. The SMILES string of the molecule is Cc1c(OS(=O)(=O)C(F)(F)F)cccc1[N+](=O)[O-]. The first-order valence-electron chi connectivity index (χ1n) is 4.31. The first kappa shape index (κ1) is 14.2. The highest BCUT2D eigenvalue weighted by atomic mass is 32.2. The second-order valence-corrected chi connectivity index (χ2v) is 4.68. The lowest BCUT2D eigenvalue weighted by Gasteiger charge is -2.10. The highest BCUT2D eigenvalue weighted by molar-refractivity contribution is 7.88. The van der Waals surface area contributed by atoms with E-state index in [2.05, 4.69) is 4.18 Å². The minimum atomic E-state index is -5.84. The van der Waals surface area contributed by atoms with E-state index in [0.717, 1.165) is 25.1 Å². The van der Waals surface area contributed by atoms with Crippen LogP contribution in [0.1, 0.15) is 5.56 Å². The molecule has 0 radical (unpaired) electrons. The number of benzene rings is 1. The average Bonchev–Trinajstić information content (AvgIpc) is 2.18. The molecule has 1 aromatic carbocycles. The summed E-state index contributed by atoms with van der Waals surface area (Å²) in [6, 6.07) is 2.93. The molecule has 6 nitrogen and oxygen atoms in total. The van der Waals surface area contributed by atoms with E-state index in [9.17, 15) is 31.7 Å². The number of alkyl halides is 3. The molecule has 100 valence electrons. The molecule has 1 rings (SSSR count). The van der Waals surface area contributed by atoms with Gasteiger partial charge in [0.05, 0.1) is 10.5 Å². The fourth-order valence-corrected chi connectivity index (χ4v) is 1.57. The van der Waals surface area contributed by atoms with Gasteiger partial charge < -0.3 is 4.18 Å². The van der Waals surface area contributed by atoms with Gasteiger partial charge >= 0.3 is 15.6 Å². The van der Waals surface area contributed by atoms with Gasteiger partial charge in [0, 0.05) is 6.07 Å². The highest BCUT2D eigenvalue weighted by Gasteiger charge is 2.48. The van der Waals surface area contributed by atoms with Crippen molar-refractivity contribution >= 4 is 15.8 Å². The van der Waals surface area contributed by atoms with Crippen molar-refractivity contribution in [2.24, 2.45) is 0 Å². The molecule has 10 heteroatoms. The van der Waals surface area contributed by atoms with Crippen molar-refractivity contribution in [2.45, 2.75) is 12.4 Å². The van der Waals surface area contributed by atoms with E-state index in [1.165, 1.54) is 0 Å². The van der Waals surface area contributed by atoms with Gasteiger partial charge in [-0.25, -0.2) is 0 Å². The first-order valence-corrected chi connectivity index (χ1v) is 5.72. The van der Waals surface area contributed by atoms with Gasteiger partial charge in [0.1, 0.15) is 0 Å². The summed E-state index contributed by atoms with van der Waals surface area (Å²) < 4.78 is 61.5. The van der Waals surface area contributed by atoms with Crippen LogP contribution in [-0.2, 0) is 10.1 Å². The summed E-state index contributed by atoms with van der Waals surface area (Å²) in [7, 11) is -5.84. The van der Waals surface area contributed by atoms with Crippen molar-refractivity contribution in [1.29, 1.82) is 0 Å². The lowest BCUT2D eigenvalue weighted by atomic mass is 10.2. The topological polar surface area (TPSA) is 86.5 Å². The molecule has 0 saturated carbocycles. The predicted octanol–water partition coefficient (Wildman–Crippen LogP) is 2.13. The van der Waals surface area contributed by atoms with E-state index in [-0.39, 0.29) is 5.56 Å². The number of nitro benzene ring substituents is 1. The largest absolute Gasteiger partial charge is 0.534 e. The van der Waals surface area contributed by atoms with Crippen LogP contribution in [-0.4, -0.2) is 18.8 Å². The van der Waals surface area contributed by atoms with E-state index in [0.29, 0.717) is 0 Å². The second-order valence-electron chi connectivity index (χ2n) is 3.14. The Hall–Kier alpha value is -1.84. The van der Waals surface area contributed by atoms with E-state index >= 15 is 0 Å². The molecule has 0 spiro atoms. The Bertz CT molecular complexity index is 581. The summed E-state index contributed by atoms with van der Waals surface area (Å²) >= 11 is 0. The van der Waals surface area contributed by atoms with E-state index < -0.39 is 32.0 Å². The Morgan fingerprint density at radius 3 is 2.33 bits per heavy atom. The van der Waals surface area contributed by atoms with Gasteiger partial charge in [-0.15, -0.1) is 0 Å². The maximum absolute atomic E-state index is 12.1. The summed E-state index contributed by atoms with van der Waals surface area (Å²) in [5.74, 6) is -0.735. The molecule has 1 aromatic rings. The molecule has 18 heavy (non-hydrogen) atoms. The lowest BCUT2D eigenvalue weighted by Crippen LogP contribution is -2.28. The van der Waals surface area contributed by atoms with Gasteiger partial charge in [0.2, 0.25) is 0 Å². The number of hydrogen-bond donors (Lipinski definition) is 0. The van der Waals surface area contributed by atoms with Gasteiger partial charge in [-0.2, -0.15) is 21.6 Å². The molecule has 0 aliphatic rings. The molecular formula is C8H6F3NO5S.